The van der Waals surface area contributed by atoms with Gasteiger partial charge in [0.1, 0.15) is 6.26 Å². The molecule has 0 saturated carbocycles. The summed E-state index contributed by atoms with van der Waals surface area (Å²) in [6.45, 7) is 4.14. The Morgan fingerprint density at radius 2 is 2.47 bits per heavy atom. The van der Waals surface area contributed by atoms with Crippen molar-refractivity contribution < 1.29 is 4.42 Å². The van der Waals surface area contributed by atoms with Crippen LogP contribution in [0.15, 0.2) is 10.7 Å². The number of likely N-dealkylation sites (tertiary alicyclic amines) is 1. The number of aromatic nitrogens is 1. The Morgan fingerprint density at radius 1 is 1.67 bits per heavy atom. The zero-order chi connectivity index (χ0) is 10.8. The van der Waals surface area contributed by atoms with Gasteiger partial charge in [-0.2, -0.15) is 0 Å². The Balaban J connectivity index is 2.08. The van der Waals surface area contributed by atoms with Gasteiger partial charge in [-0.1, -0.05) is 0 Å². The van der Waals surface area contributed by atoms with E-state index in [2.05, 4.69) is 16.9 Å². The lowest BCUT2D eigenvalue weighted by atomic mass is 9.98. The van der Waals surface area contributed by atoms with Crippen molar-refractivity contribution in [1.82, 2.24) is 9.88 Å². The number of hydrogen-bond donors (Lipinski definition) is 1. The topological polar surface area (TPSA) is 55.3 Å². The summed E-state index contributed by atoms with van der Waals surface area (Å²) < 4.78 is 5.50. The minimum absolute atomic E-state index is 0.0381. The van der Waals surface area contributed by atoms with Gasteiger partial charge in [-0.25, -0.2) is 4.98 Å². The van der Waals surface area contributed by atoms with Gasteiger partial charge in [-0.15, -0.1) is 0 Å². The lowest BCUT2D eigenvalue weighted by molar-refractivity contribution is 0.230. The van der Waals surface area contributed by atoms with Crippen molar-refractivity contribution in [2.45, 2.75) is 31.7 Å². The van der Waals surface area contributed by atoms with Crippen LogP contribution in [-0.4, -0.2) is 30.0 Å². The Bertz CT molecular complexity index is 321. The molecule has 0 aromatic carbocycles. The maximum absolute atomic E-state index is 5.75. The van der Waals surface area contributed by atoms with Gasteiger partial charge in [0.2, 0.25) is 0 Å². The van der Waals surface area contributed by atoms with Gasteiger partial charge in [-0.05, 0) is 33.4 Å². The molecule has 4 nitrogen and oxygen atoms in total. The van der Waals surface area contributed by atoms with Crippen LogP contribution in [0.3, 0.4) is 0 Å². The molecular weight excluding hydrogens is 190 g/mol. The number of piperidine rings is 1. The van der Waals surface area contributed by atoms with E-state index in [9.17, 15) is 0 Å². The first-order valence-electron chi connectivity index (χ1n) is 5.56. The van der Waals surface area contributed by atoms with Gasteiger partial charge in [-0.3, -0.25) is 0 Å². The van der Waals surface area contributed by atoms with Crippen molar-refractivity contribution in [3.05, 3.63) is 17.8 Å². The standard InChI is InChI=1S/C11H19N3O/c1-8(12)10-7-15-11(13-10)9-4-3-5-14(2)6-9/h7-9H,3-6,12H2,1-2H3. The number of rotatable bonds is 2. The largest absolute Gasteiger partial charge is 0.448 e. The molecule has 2 heterocycles. The van der Waals surface area contributed by atoms with Crippen LogP contribution in [0.5, 0.6) is 0 Å². The van der Waals surface area contributed by atoms with Crippen LogP contribution in [0.2, 0.25) is 0 Å². The second-order valence-corrected chi connectivity index (χ2v) is 4.50. The van der Waals surface area contributed by atoms with Crippen LogP contribution >= 0.6 is 0 Å². The molecule has 15 heavy (non-hydrogen) atoms. The first kappa shape index (κ1) is 10.6. The smallest absolute Gasteiger partial charge is 0.198 e. The van der Waals surface area contributed by atoms with Gasteiger partial charge in [0, 0.05) is 18.5 Å². The van der Waals surface area contributed by atoms with E-state index in [4.69, 9.17) is 10.2 Å². The summed E-state index contributed by atoms with van der Waals surface area (Å²) in [5, 5.41) is 0. The first-order valence-corrected chi connectivity index (χ1v) is 5.56. The molecule has 0 amide bonds. The third kappa shape index (κ3) is 2.38. The van der Waals surface area contributed by atoms with Gasteiger partial charge in [0.05, 0.1) is 5.69 Å². The van der Waals surface area contributed by atoms with Crippen molar-refractivity contribution in [1.29, 1.82) is 0 Å². The Hall–Kier alpha value is -0.870. The zero-order valence-electron chi connectivity index (χ0n) is 9.44. The number of nitrogens with zero attached hydrogens (tertiary/aromatic N) is 2. The quantitative estimate of drug-likeness (QED) is 0.802. The molecule has 84 valence electrons. The van der Waals surface area contributed by atoms with E-state index in [1.807, 2.05) is 6.92 Å². The molecule has 2 N–H and O–H groups in total. The number of hydrogen-bond acceptors (Lipinski definition) is 4. The summed E-state index contributed by atoms with van der Waals surface area (Å²) >= 11 is 0. The van der Waals surface area contributed by atoms with Crippen molar-refractivity contribution in [3.63, 3.8) is 0 Å². The fourth-order valence-corrected chi connectivity index (χ4v) is 2.07. The summed E-state index contributed by atoms with van der Waals surface area (Å²) in [6, 6.07) is -0.0381. The van der Waals surface area contributed by atoms with Crippen LogP contribution < -0.4 is 5.73 Å². The zero-order valence-corrected chi connectivity index (χ0v) is 9.44. The van der Waals surface area contributed by atoms with E-state index in [1.165, 1.54) is 19.4 Å². The predicted molar refractivity (Wildman–Crippen MR) is 58.6 cm³/mol. The fraction of sp³-hybridized carbons (Fsp3) is 0.727. The van der Waals surface area contributed by atoms with Crippen molar-refractivity contribution in [2.24, 2.45) is 5.73 Å². The summed E-state index contributed by atoms with van der Waals surface area (Å²) in [6.07, 6.45) is 4.08. The highest BCUT2D eigenvalue weighted by atomic mass is 16.3. The Kier molecular flexibility index (Phi) is 3.07. The summed E-state index contributed by atoms with van der Waals surface area (Å²) in [5.41, 5.74) is 6.61. The molecular formula is C11H19N3O. The number of nitrogens with two attached hydrogens (primary N) is 1. The summed E-state index contributed by atoms with van der Waals surface area (Å²) in [7, 11) is 2.14. The van der Waals surface area contributed by atoms with Crippen LogP contribution in [0.1, 0.15) is 43.3 Å². The Labute approximate surface area is 90.5 Å². The molecule has 2 rings (SSSR count). The van der Waals surface area contributed by atoms with Crippen molar-refractivity contribution in [3.8, 4) is 0 Å². The van der Waals surface area contributed by atoms with Crippen molar-refractivity contribution >= 4 is 0 Å². The highest BCUT2D eigenvalue weighted by Gasteiger charge is 2.23. The monoisotopic (exact) mass is 209 g/mol. The normalized spacial score (nSPS) is 25.4. The lowest BCUT2D eigenvalue weighted by Crippen LogP contribution is -2.30. The van der Waals surface area contributed by atoms with E-state index < -0.39 is 0 Å². The molecule has 0 bridgehead atoms. The molecule has 1 saturated heterocycles. The molecule has 1 aliphatic rings. The van der Waals surface area contributed by atoms with E-state index in [1.54, 1.807) is 6.26 Å². The highest BCUT2D eigenvalue weighted by molar-refractivity contribution is 5.05. The van der Waals surface area contributed by atoms with Gasteiger partial charge < -0.3 is 15.1 Å². The van der Waals surface area contributed by atoms with Gasteiger partial charge in [0.25, 0.3) is 0 Å². The lowest BCUT2D eigenvalue weighted by Gasteiger charge is -2.27. The average molecular weight is 209 g/mol. The minimum Gasteiger partial charge on any atom is -0.448 e. The molecule has 1 aromatic heterocycles. The van der Waals surface area contributed by atoms with Gasteiger partial charge in [0.15, 0.2) is 5.89 Å². The van der Waals surface area contributed by atoms with Crippen LogP contribution in [0.4, 0.5) is 0 Å². The molecule has 0 spiro atoms. The van der Waals surface area contributed by atoms with E-state index >= 15 is 0 Å². The van der Waals surface area contributed by atoms with Crippen LogP contribution in [-0.2, 0) is 0 Å². The second kappa shape index (κ2) is 4.33. The molecule has 0 aliphatic carbocycles. The molecule has 1 aliphatic heterocycles. The van der Waals surface area contributed by atoms with Crippen LogP contribution in [0.25, 0.3) is 0 Å². The molecule has 0 radical (unpaired) electrons. The third-order valence-corrected chi connectivity index (χ3v) is 2.98. The first-order chi connectivity index (χ1) is 7.16. The van der Waals surface area contributed by atoms with E-state index in [0.717, 1.165) is 18.1 Å². The molecule has 2 unspecified atom stereocenters. The highest BCUT2D eigenvalue weighted by Crippen LogP contribution is 2.26. The van der Waals surface area contributed by atoms with Crippen LogP contribution in [0, 0.1) is 0 Å². The SMILES string of the molecule is CC(N)c1coc(C2CCCN(C)C2)n1. The van der Waals surface area contributed by atoms with E-state index in [0.29, 0.717) is 5.92 Å². The van der Waals surface area contributed by atoms with Crippen molar-refractivity contribution in [2.75, 3.05) is 20.1 Å². The number of oxazole rings is 1. The third-order valence-electron chi connectivity index (χ3n) is 2.98. The summed E-state index contributed by atoms with van der Waals surface area (Å²) in [5.74, 6) is 1.30. The minimum atomic E-state index is -0.0381. The molecule has 1 fully saturated rings. The Morgan fingerprint density at radius 3 is 3.07 bits per heavy atom. The second-order valence-electron chi connectivity index (χ2n) is 4.50. The number of likely N-dealkylation sites (N-methyl/N-ethyl adjacent to an activating group) is 1. The molecule has 1 aromatic rings. The fourth-order valence-electron chi connectivity index (χ4n) is 2.07. The van der Waals surface area contributed by atoms with Gasteiger partial charge >= 0.3 is 0 Å². The van der Waals surface area contributed by atoms with E-state index in [-0.39, 0.29) is 6.04 Å². The maximum Gasteiger partial charge on any atom is 0.198 e. The predicted octanol–water partition coefficient (Wildman–Crippen LogP) is 1.50. The molecule has 2 atom stereocenters. The average Bonchev–Trinajstić information content (AvgIpc) is 2.66. The maximum atomic E-state index is 5.75. The molecule has 4 heteroatoms. The summed E-state index contributed by atoms with van der Waals surface area (Å²) in [4.78, 5) is 6.77.